The van der Waals surface area contributed by atoms with Crippen LogP contribution >= 0.6 is 12.2 Å². The Labute approximate surface area is 103 Å². The molecule has 0 aromatic rings. The van der Waals surface area contributed by atoms with E-state index in [1.54, 1.807) is 13.8 Å². The Balaban J connectivity index is 4.25. The van der Waals surface area contributed by atoms with Crippen molar-refractivity contribution in [1.29, 1.82) is 0 Å². The minimum absolute atomic E-state index is 0.190. The van der Waals surface area contributed by atoms with E-state index in [1.165, 1.54) is 0 Å². The summed E-state index contributed by atoms with van der Waals surface area (Å²) in [4.78, 5) is 0.291. The van der Waals surface area contributed by atoms with Crippen LogP contribution in [-0.4, -0.2) is 26.5 Å². The first-order valence-corrected chi connectivity index (χ1v) is 7.00. The third kappa shape index (κ3) is 6.37. The topological polar surface area (TPSA) is 84.2 Å². The van der Waals surface area contributed by atoms with Crippen molar-refractivity contribution in [1.82, 2.24) is 9.44 Å². The number of hydrogen-bond acceptors (Lipinski definition) is 3. The Hall–Kier alpha value is -0.240. The van der Waals surface area contributed by atoms with Gasteiger partial charge in [0.05, 0.1) is 4.99 Å². The predicted octanol–water partition coefficient (Wildman–Crippen LogP) is 0.379. The first kappa shape index (κ1) is 15.8. The highest BCUT2D eigenvalue weighted by Gasteiger charge is 2.23. The molecule has 0 atom stereocenters. The maximum Gasteiger partial charge on any atom is 0.276 e. The van der Waals surface area contributed by atoms with E-state index in [4.69, 9.17) is 18.0 Å². The molecule has 0 aromatic carbocycles. The second-order valence-corrected chi connectivity index (χ2v) is 6.84. The zero-order valence-corrected chi connectivity index (χ0v) is 11.8. The van der Waals surface area contributed by atoms with Crippen LogP contribution in [0.3, 0.4) is 0 Å². The van der Waals surface area contributed by atoms with Gasteiger partial charge < -0.3 is 5.73 Å². The summed E-state index contributed by atoms with van der Waals surface area (Å²) in [5.41, 5.74) is 4.97. The third-order valence-electron chi connectivity index (χ3n) is 2.05. The summed E-state index contributed by atoms with van der Waals surface area (Å²) < 4.78 is 27.9. The van der Waals surface area contributed by atoms with E-state index in [-0.39, 0.29) is 12.5 Å². The van der Waals surface area contributed by atoms with E-state index < -0.39 is 15.6 Å². The molecular weight excluding hydrogens is 246 g/mol. The molecule has 0 radical (unpaired) electrons. The van der Waals surface area contributed by atoms with Crippen molar-refractivity contribution < 1.29 is 8.42 Å². The Morgan fingerprint density at radius 1 is 1.38 bits per heavy atom. The molecule has 4 N–H and O–H groups in total. The van der Waals surface area contributed by atoms with Gasteiger partial charge in [-0.3, -0.25) is 0 Å². The standard InChI is InChI=1S/C9H21N3O2S2/c1-7(2)5-11-16(13,14)12-6-9(3,4)8(10)15/h7,11-12H,5-6H2,1-4H3,(H2,10,15). The van der Waals surface area contributed by atoms with Crippen molar-refractivity contribution >= 4 is 27.4 Å². The van der Waals surface area contributed by atoms with Gasteiger partial charge in [0, 0.05) is 18.5 Å². The van der Waals surface area contributed by atoms with Crippen LogP contribution in [0.4, 0.5) is 0 Å². The zero-order chi connectivity index (χ0) is 13.0. The molecule has 7 heteroatoms. The van der Waals surface area contributed by atoms with Crippen molar-refractivity contribution in [3.05, 3.63) is 0 Å². The van der Waals surface area contributed by atoms with Crippen LogP contribution in [0.5, 0.6) is 0 Å². The summed E-state index contributed by atoms with van der Waals surface area (Å²) in [6, 6.07) is 0. The lowest BCUT2D eigenvalue weighted by Crippen LogP contribution is -2.46. The highest BCUT2D eigenvalue weighted by atomic mass is 32.2. The van der Waals surface area contributed by atoms with E-state index in [9.17, 15) is 8.42 Å². The maximum absolute atomic E-state index is 11.5. The second-order valence-electron chi connectivity index (χ2n) is 4.81. The van der Waals surface area contributed by atoms with Gasteiger partial charge in [0.25, 0.3) is 10.2 Å². The van der Waals surface area contributed by atoms with E-state index in [1.807, 2.05) is 13.8 Å². The Kier molecular flexibility index (Phi) is 5.81. The molecule has 5 nitrogen and oxygen atoms in total. The fourth-order valence-electron chi connectivity index (χ4n) is 0.690. The molecule has 0 aromatic heterocycles. The summed E-state index contributed by atoms with van der Waals surface area (Å²) >= 11 is 4.85. The SMILES string of the molecule is CC(C)CNS(=O)(=O)NCC(C)(C)C(N)=S. The maximum atomic E-state index is 11.5. The minimum Gasteiger partial charge on any atom is -0.393 e. The normalized spacial score (nSPS) is 13.1. The molecule has 0 rings (SSSR count). The molecule has 0 saturated heterocycles. The Morgan fingerprint density at radius 3 is 2.25 bits per heavy atom. The minimum atomic E-state index is -3.46. The summed E-state index contributed by atoms with van der Waals surface area (Å²) in [6.45, 7) is 8.04. The van der Waals surface area contributed by atoms with Gasteiger partial charge in [-0.25, -0.2) is 9.44 Å². The van der Waals surface area contributed by atoms with Gasteiger partial charge in [-0.1, -0.05) is 39.9 Å². The van der Waals surface area contributed by atoms with Gasteiger partial charge in [-0.05, 0) is 5.92 Å². The van der Waals surface area contributed by atoms with Crippen LogP contribution in [-0.2, 0) is 10.2 Å². The number of rotatable bonds is 7. The third-order valence-corrected chi connectivity index (χ3v) is 3.68. The largest absolute Gasteiger partial charge is 0.393 e. The average molecular weight is 267 g/mol. The predicted molar refractivity (Wildman–Crippen MR) is 70.3 cm³/mol. The van der Waals surface area contributed by atoms with Gasteiger partial charge in [0.2, 0.25) is 0 Å². The van der Waals surface area contributed by atoms with Crippen molar-refractivity contribution in [3.8, 4) is 0 Å². The molecule has 96 valence electrons. The van der Waals surface area contributed by atoms with Crippen LogP contribution < -0.4 is 15.2 Å². The molecule has 0 aliphatic carbocycles. The fourth-order valence-corrected chi connectivity index (χ4v) is 1.97. The fraction of sp³-hybridized carbons (Fsp3) is 0.889. The number of thiocarbonyl (C=S) groups is 1. The lowest BCUT2D eigenvalue weighted by Gasteiger charge is -2.23. The van der Waals surface area contributed by atoms with Crippen molar-refractivity contribution in [3.63, 3.8) is 0 Å². The van der Waals surface area contributed by atoms with Crippen LogP contribution in [0.15, 0.2) is 0 Å². The number of nitrogens with two attached hydrogens (primary N) is 1. The molecule has 0 spiro atoms. The van der Waals surface area contributed by atoms with Gasteiger partial charge in [0.15, 0.2) is 0 Å². The van der Waals surface area contributed by atoms with Crippen molar-refractivity contribution in [2.75, 3.05) is 13.1 Å². The first-order valence-electron chi connectivity index (χ1n) is 5.11. The molecule has 0 unspecified atom stereocenters. The highest BCUT2D eigenvalue weighted by molar-refractivity contribution is 7.87. The first-order chi connectivity index (χ1) is 7.07. The van der Waals surface area contributed by atoms with Gasteiger partial charge in [-0.2, -0.15) is 8.42 Å². The monoisotopic (exact) mass is 267 g/mol. The molecule has 0 aliphatic heterocycles. The summed E-state index contributed by atoms with van der Waals surface area (Å²) in [6.07, 6.45) is 0. The van der Waals surface area contributed by atoms with E-state index >= 15 is 0 Å². The molecule has 0 fully saturated rings. The van der Waals surface area contributed by atoms with Crippen LogP contribution in [0.1, 0.15) is 27.7 Å². The van der Waals surface area contributed by atoms with E-state index in [0.717, 1.165) is 0 Å². The Morgan fingerprint density at radius 2 is 1.88 bits per heavy atom. The Bertz CT molecular complexity index is 337. The van der Waals surface area contributed by atoms with Crippen LogP contribution in [0.25, 0.3) is 0 Å². The molecular formula is C9H21N3O2S2. The average Bonchev–Trinajstić information content (AvgIpc) is 2.12. The van der Waals surface area contributed by atoms with Crippen LogP contribution in [0, 0.1) is 11.3 Å². The molecule has 0 amide bonds. The van der Waals surface area contributed by atoms with E-state index in [0.29, 0.717) is 11.5 Å². The highest BCUT2D eigenvalue weighted by Crippen LogP contribution is 2.13. The number of nitrogens with one attached hydrogen (secondary N) is 2. The lowest BCUT2D eigenvalue weighted by atomic mass is 9.94. The molecule has 16 heavy (non-hydrogen) atoms. The van der Waals surface area contributed by atoms with Crippen molar-refractivity contribution in [2.45, 2.75) is 27.7 Å². The zero-order valence-electron chi connectivity index (χ0n) is 10.2. The number of hydrogen-bond donors (Lipinski definition) is 3. The lowest BCUT2D eigenvalue weighted by molar-refractivity contribution is 0.492. The summed E-state index contributed by atoms with van der Waals surface area (Å²) in [5, 5.41) is 0. The molecule has 0 aliphatic rings. The van der Waals surface area contributed by atoms with Crippen LogP contribution in [0.2, 0.25) is 0 Å². The smallest absolute Gasteiger partial charge is 0.276 e. The second kappa shape index (κ2) is 5.90. The quantitative estimate of drug-likeness (QED) is 0.582. The van der Waals surface area contributed by atoms with Gasteiger partial charge in [0.1, 0.15) is 0 Å². The molecule has 0 heterocycles. The molecule has 0 saturated carbocycles. The van der Waals surface area contributed by atoms with E-state index in [2.05, 4.69) is 9.44 Å². The van der Waals surface area contributed by atoms with Gasteiger partial charge >= 0.3 is 0 Å². The van der Waals surface area contributed by atoms with Gasteiger partial charge in [-0.15, -0.1) is 0 Å². The summed E-state index contributed by atoms with van der Waals surface area (Å²) in [5.74, 6) is 0.264. The summed E-state index contributed by atoms with van der Waals surface area (Å²) in [7, 11) is -3.46. The molecule has 0 bridgehead atoms. The van der Waals surface area contributed by atoms with Crippen molar-refractivity contribution in [2.24, 2.45) is 17.1 Å².